The van der Waals surface area contributed by atoms with Crippen molar-refractivity contribution >= 4 is 5.78 Å². The second-order valence-electron chi connectivity index (χ2n) is 3.00. The first-order chi connectivity index (χ1) is 6.31. The highest BCUT2D eigenvalue weighted by molar-refractivity contribution is 5.79. The maximum atomic E-state index is 10.8. The van der Waals surface area contributed by atoms with Gasteiger partial charge in [-0.1, -0.05) is 6.92 Å². The number of carbonyl (C=O) groups is 1. The summed E-state index contributed by atoms with van der Waals surface area (Å²) in [4.78, 5) is 10.8. The Labute approximate surface area is 80.4 Å². The first-order valence-electron chi connectivity index (χ1n) is 4.89. The van der Waals surface area contributed by atoms with Crippen molar-refractivity contribution in [2.75, 3.05) is 26.9 Å². The van der Waals surface area contributed by atoms with Crippen molar-refractivity contribution in [1.29, 1.82) is 0 Å². The summed E-state index contributed by atoms with van der Waals surface area (Å²) in [7, 11) is 1.70. The maximum absolute atomic E-state index is 10.8. The highest BCUT2D eigenvalue weighted by Gasteiger charge is 1.96. The van der Waals surface area contributed by atoms with E-state index in [0.717, 1.165) is 25.9 Å². The van der Waals surface area contributed by atoms with Crippen LogP contribution in [0.4, 0.5) is 0 Å². The summed E-state index contributed by atoms with van der Waals surface area (Å²) in [5.41, 5.74) is 0. The molecule has 0 spiro atoms. The van der Waals surface area contributed by atoms with Crippen molar-refractivity contribution in [1.82, 2.24) is 0 Å². The van der Waals surface area contributed by atoms with E-state index in [-0.39, 0.29) is 12.4 Å². The van der Waals surface area contributed by atoms with Gasteiger partial charge in [0.2, 0.25) is 0 Å². The third-order valence-electron chi connectivity index (χ3n) is 1.79. The predicted molar refractivity (Wildman–Crippen MR) is 51.8 cm³/mol. The lowest BCUT2D eigenvalue weighted by molar-refractivity contribution is -0.123. The molecule has 0 saturated heterocycles. The van der Waals surface area contributed by atoms with Gasteiger partial charge in [-0.3, -0.25) is 4.79 Å². The van der Waals surface area contributed by atoms with Crippen LogP contribution >= 0.6 is 0 Å². The minimum Gasteiger partial charge on any atom is -0.385 e. The van der Waals surface area contributed by atoms with Gasteiger partial charge >= 0.3 is 0 Å². The lowest BCUT2D eigenvalue weighted by atomic mass is 10.2. The van der Waals surface area contributed by atoms with E-state index in [1.54, 1.807) is 7.11 Å². The fraction of sp³-hybridized carbons (Fsp3) is 0.900. The molecule has 0 radical (unpaired) electrons. The Morgan fingerprint density at radius 1 is 1.15 bits per heavy atom. The number of carbonyl (C=O) groups excluding carboxylic acids is 1. The van der Waals surface area contributed by atoms with Crippen LogP contribution in [0.25, 0.3) is 0 Å². The third-order valence-corrected chi connectivity index (χ3v) is 1.79. The van der Waals surface area contributed by atoms with Crippen LogP contribution in [-0.2, 0) is 14.3 Å². The van der Waals surface area contributed by atoms with Gasteiger partial charge in [-0.25, -0.2) is 0 Å². The van der Waals surface area contributed by atoms with E-state index in [4.69, 9.17) is 9.47 Å². The molecule has 0 aliphatic rings. The van der Waals surface area contributed by atoms with Crippen LogP contribution in [0, 0.1) is 0 Å². The van der Waals surface area contributed by atoms with Gasteiger partial charge in [-0.05, 0) is 19.3 Å². The predicted octanol–water partition coefficient (Wildman–Crippen LogP) is 1.80. The summed E-state index contributed by atoms with van der Waals surface area (Å²) in [6, 6.07) is 0. The lowest BCUT2D eigenvalue weighted by Crippen LogP contribution is -2.07. The van der Waals surface area contributed by atoms with Crippen LogP contribution in [0.5, 0.6) is 0 Å². The van der Waals surface area contributed by atoms with E-state index in [1.165, 1.54) is 0 Å². The number of methoxy groups -OCH3 is 1. The molecule has 3 heteroatoms. The van der Waals surface area contributed by atoms with E-state index in [2.05, 4.69) is 0 Å². The van der Waals surface area contributed by atoms with E-state index in [9.17, 15) is 4.79 Å². The molecule has 0 N–H and O–H groups in total. The van der Waals surface area contributed by atoms with Crippen LogP contribution in [0.15, 0.2) is 0 Å². The van der Waals surface area contributed by atoms with Crippen molar-refractivity contribution in [3.8, 4) is 0 Å². The van der Waals surface area contributed by atoms with Gasteiger partial charge < -0.3 is 9.47 Å². The quantitative estimate of drug-likeness (QED) is 0.517. The molecular weight excluding hydrogens is 168 g/mol. The second-order valence-corrected chi connectivity index (χ2v) is 3.00. The van der Waals surface area contributed by atoms with E-state index in [0.29, 0.717) is 13.0 Å². The van der Waals surface area contributed by atoms with Gasteiger partial charge in [0.1, 0.15) is 6.61 Å². The Morgan fingerprint density at radius 3 is 2.46 bits per heavy atom. The Balaban J connectivity index is 2.95. The fourth-order valence-corrected chi connectivity index (χ4v) is 0.915. The smallest absolute Gasteiger partial charge is 0.158 e. The summed E-state index contributed by atoms with van der Waals surface area (Å²) in [5.74, 6) is 0.178. The molecule has 0 fully saturated rings. The molecule has 0 saturated carbocycles. The van der Waals surface area contributed by atoms with Crippen molar-refractivity contribution in [3.05, 3.63) is 0 Å². The summed E-state index contributed by atoms with van der Waals surface area (Å²) in [6.07, 6.45) is 3.76. The SMILES string of the molecule is CCC(=O)COCCCCCOC. The molecule has 0 rings (SSSR count). The van der Waals surface area contributed by atoms with E-state index in [1.807, 2.05) is 6.92 Å². The zero-order valence-electron chi connectivity index (χ0n) is 8.67. The Kier molecular flexibility index (Phi) is 9.37. The number of hydrogen-bond donors (Lipinski definition) is 0. The Morgan fingerprint density at radius 2 is 1.85 bits per heavy atom. The van der Waals surface area contributed by atoms with Gasteiger partial charge in [0.05, 0.1) is 0 Å². The average Bonchev–Trinajstić information content (AvgIpc) is 2.16. The zero-order chi connectivity index (χ0) is 9.94. The molecule has 0 amide bonds. The van der Waals surface area contributed by atoms with Gasteiger partial charge in [0.25, 0.3) is 0 Å². The second kappa shape index (κ2) is 9.68. The first kappa shape index (κ1) is 12.6. The Bertz CT molecular complexity index is 123. The molecule has 0 aromatic rings. The minimum absolute atomic E-state index is 0.178. The standard InChI is InChI=1S/C10H20O3/c1-3-10(11)9-13-8-6-4-5-7-12-2/h3-9H2,1-2H3. The van der Waals surface area contributed by atoms with Crippen LogP contribution < -0.4 is 0 Å². The molecule has 78 valence electrons. The molecule has 3 nitrogen and oxygen atoms in total. The number of unbranched alkanes of at least 4 members (excludes halogenated alkanes) is 2. The van der Waals surface area contributed by atoms with Crippen LogP contribution in [-0.4, -0.2) is 32.7 Å². The molecule has 0 aromatic heterocycles. The summed E-state index contributed by atoms with van der Waals surface area (Å²) in [5, 5.41) is 0. The van der Waals surface area contributed by atoms with Gasteiger partial charge in [-0.2, -0.15) is 0 Å². The van der Waals surface area contributed by atoms with E-state index < -0.39 is 0 Å². The topological polar surface area (TPSA) is 35.5 Å². The molecule has 0 aliphatic carbocycles. The summed E-state index contributed by atoms with van der Waals surface area (Å²) in [6.45, 7) is 3.63. The van der Waals surface area contributed by atoms with Crippen molar-refractivity contribution in [2.24, 2.45) is 0 Å². The molecule has 13 heavy (non-hydrogen) atoms. The van der Waals surface area contributed by atoms with Gasteiger partial charge in [-0.15, -0.1) is 0 Å². The number of Topliss-reactive ketones (excluding diaryl/α,β-unsaturated/α-hetero) is 1. The van der Waals surface area contributed by atoms with Crippen LogP contribution in [0.1, 0.15) is 32.6 Å². The summed E-state index contributed by atoms with van der Waals surface area (Å²) >= 11 is 0. The highest BCUT2D eigenvalue weighted by Crippen LogP contribution is 1.96. The summed E-state index contributed by atoms with van der Waals surface area (Å²) < 4.78 is 10.1. The van der Waals surface area contributed by atoms with Crippen molar-refractivity contribution in [2.45, 2.75) is 32.6 Å². The molecule has 0 aromatic carbocycles. The maximum Gasteiger partial charge on any atom is 0.158 e. The van der Waals surface area contributed by atoms with Crippen LogP contribution in [0.2, 0.25) is 0 Å². The lowest BCUT2D eigenvalue weighted by Gasteiger charge is -2.02. The van der Waals surface area contributed by atoms with Crippen LogP contribution in [0.3, 0.4) is 0 Å². The zero-order valence-corrected chi connectivity index (χ0v) is 8.67. The van der Waals surface area contributed by atoms with E-state index >= 15 is 0 Å². The minimum atomic E-state index is 0.178. The fourth-order valence-electron chi connectivity index (χ4n) is 0.915. The Hall–Kier alpha value is -0.410. The third kappa shape index (κ3) is 9.50. The number of ketones is 1. The molecule has 0 atom stereocenters. The number of hydrogen-bond acceptors (Lipinski definition) is 3. The number of ether oxygens (including phenoxy) is 2. The van der Waals surface area contributed by atoms with Gasteiger partial charge in [0, 0.05) is 26.7 Å². The van der Waals surface area contributed by atoms with Crippen molar-refractivity contribution in [3.63, 3.8) is 0 Å². The molecule has 0 bridgehead atoms. The van der Waals surface area contributed by atoms with Gasteiger partial charge in [0.15, 0.2) is 5.78 Å². The normalized spacial score (nSPS) is 10.3. The first-order valence-corrected chi connectivity index (χ1v) is 4.89. The molecular formula is C10H20O3. The highest BCUT2D eigenvalue weighted by atomic mass is 16.5. The average molecular weight is 188 g/mol. The largest absolute Gasteiger partial charge is 0.385 e. The molecule has 0 unspecified atom stereocenters. The molecule has 0 aliphatic heterocycles. The van der Waals surface area contributed by atoms with Crippen molar-refractivity contribution < 1.29 is 14.3 Å². The monoisotopic (exact) mass is 188 g/mol. The number of rotatable bonds is 9. The molecule has 0 heterocycles.